The van der Waals surface area contributed by atoms with E-state index < -0.39 is 5.97 Å². The number of hydrogen-bond donors (Lipinski definition) is 2. The fraction of sp³-hybridized carbons (Fsp3) is 0.412. The number of aliphatic carboxylic acids is 1. The summed E-state index contributed by atoms with van der Waals surface area (Å²) in [6.07, 6.45) is 3.28. The van der Waals surface area contributed by atoms with E-state index in [0.29, 0.717) is 31.1 Å². The quantitative estimate of drug-likeness (QED) is 0.867. The summed E-state index contributed by atoms with van der Waals surface area (Å²) in [6.45, 7) is 0.830. The molecule has 3 rings (SSSR count). The van der Waals surface area contributed by atoms with Gasteiger partial charge in [-0.3, -0.25) is 9.59 Å². The molecule has 1 aromatic carbocycles. The van der Waals surface area contributed by atoms with Gasteiger partial charge in [0.05, 0.1) is 6.42 Å². The van der Waals surface area contributed by atoms with Crippen molar-refractivity contribution in [2.45, 2.75) is 25.3 Å². The van der Waals surface area contributed by atoms with Gasteiger partial charge in [-0.15, -0.1) is 0 Å². The molecule has 1 aliphatic heterocycles. The number of nitrogens with zero attached hydrogens (tertiary/aromatic N) is 1. The molecule has 6 nitrogen and oxygen atoms in total. The average Bonchev–Trinajstić information content (AvgIpc) is 2.95. The first kappa shape index (κ1) is 16.8. The Morgan fingerprint density at radius 3 is 2.79 bits per heavy atom. The number of aromatic amines is 1. The van der Waals surface area contributed by atoms with Crippen LogP contribution in [0.1, 0.15) is 18.4 Å². The molecule has 7 heteroatoms. The molecule has 2 heterocycles. The lowest BCUT2D eigenvalue weighted by molar-refractivity contribution is -0.147. The zero-order valence-corrected chi connectivity index (χ0v) is 13.9. The Labute approximate surface area is 144 Å². The third-order valence-electron chi connectivity index (χ3n) is 4.33. The Morgan fingerprint density at radius 1 is 1.33 bits per heavy atom. The number of ether oxygens (including phenoxy) is 1. The molecule has 0 radical (unpaired) electrons. The molecule has 128 valence electrons. The summed E-state index contributed by atoms with van der Waals surface area (Å²) in [4.78, 5) is 28.5. The number of amides is 1. The van der Waals surface area contributed by atoms with Crippen LogP contribution in [0.3, 0.4) is 0 Å². The number of carboxylic acid groups (broad SMARTS) is 1. The molecule has 0 bridgehead atoms. The molecule has 1 aliphatic rings. The second-order valence-electron chi connectivity index (χ2n) is 5.94. The van der Waals surface area contributed by atoms with Crippen molar-refractivity contribution < 1.29 is 19.4 Å². The third-order valence-corrected chi connectivity index (χ3v) is 4.56. The minimum atomic E-state index is -0.999. The van der Waals surface area contributed by atoms with Crippen LogP contribution in [0.4, 0.5) is 0 Å². The molecule has 1 aromatic heterocycles. The summed E-state index contributed by atoms with van der Waals surface area (Å²) in [6, 6.07) is 5.37. The van der Waals surface area contributed by atoms with Crippen molar-refractivity contribution in [3.63, 3.8) is 0 Å². The van der Waals surface area contributed by atoms with E-state index in [-0.39, 0.29) is 24.9 Å². The van der Waals surface area contributed by atoms with Gasteiger partial charge in [0.2, 0.25) is 5.91 Å². The molecule has 1 amide bonds. The summed E-state index contributed by atoms with van der Waals surface area (Å²) < 4.78 is 5.31. The maximum Gasteiger partial charge on any atom is 0.323 e. The molecule has 0 unspecified atom stereocenters. The number of aromatic nitrogens is 1. The number of rotatable bonds is 5. The maximum atomic E-state index is 12.7. The van der Waals surface area contributed by atoms with Gasteiger partial charge in [-0.25, -0.2) is 0 Å². The van der Waals surface area contributed by atoms with Gasteiger partial charge in [0.1, 0.15) is 6.54 Å². The van der Waals surface area contributed by atoms with Crippen molar-refractivity contribution >= 4 is 34.4 Å². The van der Waals surface area contributed by atoms with E-state index >= 15 is 0 Å². The predicted molar refractivity (Wildman–Crippen MR) is 90.2 cm³/mol. The van der Waals surface area contributed by atoms with E-state index in [1.54, 1.807) is 18.3 Å². The van der Waals surface area contributed by atoms with Crippen LogP contribution >= 0.6 is 11.6 Å². The molecule has 24 heavy (non-hydrogen) atoms. The molecule has 1 fully saturated rings. The number of hydrogen-bond acceptors (Lipinski definition) is 3. The van der Waals surface area contributed by atoms with E-state index in [2.05, 4.69) is 4.98 Å². The lowest BCUT2D eigenvalue weighted by atomic mass is 10.0. The molecule has 2 N–H and O–H groups in total. The molecule has 0 atom stereocenters. The summed E-state index contributed by atoms with van der Waals surface area (Å²) in [7, 11) is 0. The van der Waals surface area contributed by atoms with Crippen molar-refractivity contribution in [2.24, 2.45) is 0 Å². The van der Waals surface area contributed by atoms with Gasteiger partial charge in [-0.05, 0) is 30.5 Å². The van der Waals surface area contributed by atoms with Gasteiger partial charge < -0.3 is 19.7 Å². The van der Waals surface area contributed by atoms with Crippen molar-refractivity contribution in [1.82, 2.24) is 9.88 Å². The highest BCUT2D eigenvalue weighted by molar-refractivity contribution is 6.31. The highest BCUT2D eigenvalue weighted by Gasteiger charge is 2.28. The number of carboxylic acids is 1. The Balaban J connectivity index is 1.79. The van der Waals surface area contributed by atoms with E-state index in [1.165, 1.54) is 4.90 Å². The van der Waals surface area contributed by atoms with Crippen LogP contribution in [-0.4, -0.2) is 52.7 Å². The number of nitrogens with one attached hydrogen (secondary N) is 1. The topological polar surface area (TPSA) is 82.6 Å². The number of carbonyl (C=O) groups excluding carboxylic acids is 1. The van der Waals surface area contributed by atoms with Crippen LogP contribution < -0.4 is 0 Å². The Bertz CT molecular complexity index is 752. The molecule has 0 aliphatic carbocycles. The molecule has 0 saturated carbocycles. The lowest BCUT2D eigenvalue weighted by Gasteiger charge is -2.33. The SMILES string of the molecule is O=C(O)CN(C(=O)Cc1c[nH]c2cc(Cl)ccc12)C1CCOCC1. The average molecular weight is 351 g/mol. The third kappa shape index (κ3) is 3.71. The number of halogens is 1. The zero-order valence-electron chi connectivity index (χ0n) is 13.1. The zero-order chi connectivity index (χ0) is 17.1. The van der Waals surface area contributed by atoms with E-state index in [0.717, 1.165) is 16.5 Å². The second-order valence-corrected chi connectivity index (χ2v) is 6.38. The normalized spacial score (nSPS) is 15.5. The van der Waals surface area contributed by atoms with Gasteiger partial charge >= 0.3 is 5.97 Å². The Morgan fingerprint density at radius 2 is 2.08 bits per heavy atom. The summed E-state index contributed by atoms with van der Waals surface area (Å²) in [5, 5.41) is 10.7. The van der Waals surface area contributed by atoms with Gasteiger partial charge in [0, 0.05) is 41.4 Å². The minimum absolute atomic E-state index is 0.0815. The largest absolute Gasteiger partial charge is 0.480 e. The first-order valence-corrected chi connectivity index (χ1v) is 8.27. The Kier molecular flexibility index (Phi) is 5.06. The minimum Gasteiger partial charge on any atom is -0.480 e. The van der Waals surface area contributed by atoms with E-state index in [4.69, 9.17) is 21.4 Å². The van der Waals surface area contributed by atoms with Crippen LogP contribution in [0.15, 0.2) is 24.4 Å². The monoisotopic (exact) mass is 350 g/mol. The van der Waals surface area contributed by atoms with Crippen LogP contribution in [0.5, 0.6) is 0 Å². The number of H-pyrrole nitrogens is 1. The highest BCUT2D eigenvalue weighted by atomic mass is 35.5. The first-order chi connectivity index (χ1) is 11.5. The van der Waals surface area contributed by atoms with Crippen LogP contribution in [0.25, 0.3) is 10.9 Å². The van der Waals surface area contributed by atoms with Crippen molar-refractivity contribution in [3.05, 3.63) is 35.0 Å². The maximum absolute atomic E-state index is 12.7. The summed E-state index contributed by atoms with van der Waals surface area (Å²) in [5.74, 6) is -1.18. The first-order valence-electron chi connectivity index (χ1n) is 7.89. The van der Waals surface area contributed by atoms with Crippen molar-refractivity contribution in [1.29, 1.82) is 0 Å². The van der Waals surface area contributed by atoms with Gasteiger partial charge in [-0.2, -0.15) is 0 Å². The van der Waals surface area contributed by atoms with E-state index in [1.807, 2.05) is 6.07 Å². The van der Waals surface area contributed by atoms with Crippen molar-refractivity contribution in [2.75, 3.05) is 19.8 Å². The number of benzene rings is 1. The fourth-order valence-corrected chi connectivity index (χ4v) is 3.30. The van der Waals surface area contributed by atoms with Gasteiger partial charge in [0.25, 0.3) is 0 Å². The van der Waals surface area contributed by atoms with Crippen LogP contribution in [0.2, 0.25) is 5.02 Å². The molecular weight excluding hydrogens is 332 g/mol. The predicted octanol–water partition coefficient (Wildman–Crippen LogP) is 2.46. The number of fused-ring (bicyclic) bond motifs is 1. The van der Waals surface area contributed by atoms with Crippen LogP contribution in [-0.2, 0) is 20.7 Å². The second kappa shape index (κ2) is 7.23. The smallest absolute Gasteiger partial charge is 0.323 e. The molecule has 0 spiro atoms. The lowest BCUT2D eigenvalue weighted by Crippen LogP contribution is -2.46. The molecule has 2 aromatic rings. The summed E-state index contributed by atoms with van der Waals surface area (Å²) >= 11 is 5.97. The van der Waals surface area contributed by atoms with Gasteiger partial charge in [-0.1, -0.05) is 17.7 Å². The summed E-state index contributed by atoms with van der Waals surface area (Å²) in [5.41, 5.74) is 1.70. The van der Waals surface area contributed by atoms with Crippen molar-refractivity contribution in [3.8, 4) is 0 Å². The fourth-order valence-electron chi connectivity index (χ4n) is 3.13. The van der Waals surface area contributed by atoms with Gasteiger partial charge in [0.15, 0.2) is 0 Å². The standard InChI is InChI=1S/C17H19ClN2O4/c18-12-1-2-14-11(9-19-15(14)8-12)7-16(21)20(10-17(22)23)13-3-5-24-6-4-13/h1-2,8-9,13,19H,3-7,10H2,(H,22,23). The van der Waals surface area contributed by atoms with E-state index in [9.17, 15) is 9.59 Å². The highest BCUT2D eigenvalue weighted by Crippen LogP contribution is 2.23. The Hall–Kier alpha value is -2.05. The molecule has 1 saturated heterocycles. The molecular formula is C17H19ClN2O4. The number of carbonyl (C=O) groups is 2. The van der Waals surface area contributed by atoms with Crippen LogP contribution in [0, 0.1) is 0 Å².